The highest BCUT2D eigenvalue weighted by Crippen LogP contribution is 2.22. The molecule has 28 heavy (non-hydrogen) atoms. The van der Waals surface area contributed by atoms with E-state index < -0.39 is 10.8 Å². The first-order chi connectivity index (χ1) is 13.6. The van der Waals surface area contributed by atoms with Gasteiger partial charge in [-0.2, -0.15) is 0 Å². The zero-order chi connectivity index (χ0) is 19.5. The van der Waals surface area contributed by atoms with E-state index in [0.717, 1.165) is 29.3 Å². The van der Waals surface area contributed by atoms with Crippen LogP contribution in [0.15, 0.2) is 48.5 Å². The van der Waals surface area contributed by atoms with Gasteiger partial charge >= 0.3 is 0 Å². The first-order valence-electron chi connectivity index (χ1n) is 9.22. The number of aromatic amines is 1. The highest BCUT2D eigenvalue weighted by Gasteiger charge is 2.20. The van der Waals surface area contributed by atoms with Crippen LogP contribution in [0.2, 0.25) is 5.02 Å². The Balaban J connectivity index is 1.44. The molecule has 2 N–H and O–H groups in total. The number of fused-ring (bicyclic) bond motifs is 1. The topological polar surface area (TPSA) is 71.2 Å². The van der Waals surface area contributed by atoms with Gasteiger partial charge < -0.3 is 15.0 Å². The van der Waals surface area contributed by atoms with Crippen molar-refractivity contribution in [1.82, 2.24) is 4.98 Å². The van der Waals surface area contributed by atoms with Crippen molar-refractivity contribution in [2.24, 2.45) is 0 Å². The van der Waals surface area contributed by atoms with Crippen LogP contribution in [0.4, 0.5) is 5.69 Å². The fourth-order valence-electron chi connectivity index (χ4n) is 3.38. The summed E-state index contributed by atoms with van der Waals surface area (Å²) in [5.74, 6) is 0.259. The standard InChI is InChI=1S/C21H21ClN2O3S/c22-16-5-4-15-11-20(24-19(15)12-16)21(25)23-17-3-1-2-14(10-17)13-28(26)18-6-8-27-9-7-18/h1-5,10-12,18,24H,6-9,13H2,(H,23,25). The molecule has 1 unspecified atom stereocenters. The molecule has 7 heteroatoms. The number of benzene rings is 2. The number of hydrogen-bond donors (Lipinski definition) is 2. The second kappa shape index (κ2) is 8.47. The average molecular weight is 417 g/mol. The van der Waals surface area contributed by atoms with Crippen molar-refractivity contribution in [3.63, 3.8) is 0 Å². The van der Waals surface area contributed by atoms with E-state index in [4.69, 9.17) is 16.3 Å². The molecule has 0 aliphatic carbocycles. The molecule has 5 nitrogen and oxygen atoms in total. The molecule has 0 radical (unpaired) electrons. The second-order valence-electron chi connectivity index (χ2n) is 6.91. The number of hydrogen-bond acceptors (Lipinski definition) is 3. The third-order valence-electron chi connectivity index (χ3n) is 4.86. The van der Waals surface area contributed by atoms with Crippen molar-refractivity contribution in [3.05, 3.63) is 64.8 Å². The summed E-state index contributed by atoms with van der Waals surface area (Å²) in [6.45, 7) is 1.37. The van der Waals surface area contributed by atoms with Gasteiger partial charge in [-0.1, -0.05) is 29.8 Å². The minimum absolute atomic E-state index is 0.185. The van der Waals surface area contributed by atoms with Gasteiger partial charge in [-0.3, -0.25) is 9.00 Å². The lowest BCUT2D eigenvalue weighted by atomic mass is 10.2. The third kappa shape index (κ3) is 4.46. The second-order valence-corrected chi connectivity index (χ2v) is 9.06. The summed E-state index contributed by atoms with van der Waals surface area (Å²) >= 11 is 6.00. The molecular weight excluding hydrogens is 396 g/mol. The van der Waals surface area contributed by atoms with Crippen molar-refractivity contribution >= 4 is 44.9 Å². The van der Waals surface area contributed by atoms with E-state index in [-0.39, 0.29) is 11.2 Å². The molecule has 1 amide bonds. The molecule has 4 rings (SSSR count). The Labute approximate surface area is 170 Å². The van der Waals surface area contributed by atoms with Crippen molar-refractivity contribution < 1.29 is 13.7 Å². The van der Waals surface area contributed by atoms with Crippen LogP contribution in [-0.2, 0) is 21.3 Å². The summed E-state index contributed by atoms with van der Waals surface area (Å²) in [6.07, 6.45) is 1.68. The predicted molar refractivity (Wildman–Crippen MR) is 113 cm³/mol. The molecule has 146 valence electrons. The summed E-state index contributed by atoms with van der Waals surface area (Å²) in [5.41, 5.74) is 2.92. The van der Waals surface area contributed by atoms with E-state index in [0.29, 0.717) is 35.4 Å². The minimum Gasteiger partial charge on any atom is -0.381 e. The number of carbonyl (C=O) groups excluding carboxylic acids is 1. The molecule has 2 heterocycles. The Bertz CT molecular complexity index is 1030. The van der Waals surface area contributed by atoms with E-state index in [1.807, 2.05) is 30.3 Å². The Morgan fingerprint density at radius 2 is 2.00 bits per heavy atom. The van der Waals surface area contributed by atoms with Crippen molar-refractivity contribution in [2.45, 2.75) is 23.8 Å². The summed E-state index contributed by atoms with van der Waals surface area (Å²) in [6, 6.07) is 14.8. The van der Waals surface area contributed by atoms with E-state index in [1.165, 1.54) is 0 Å². The zero-order valence-electron chi connectivity index (χ0n) is 15.2. The van der Waals surface area contributed by atoms with Crippen LogP contribution in [0.25, 0.3) is 10.9 Å². The molecule has 1 atom stereocenters. The molecule has 1 fully saturated rings. The van der Waals surface area contributed by atoms with Gasteiger partial charge in [-0.05, 0) is 48.7 Å². The molecule has 1 aliphatic heterocycles. The Morgan fingerprint density at radius 1 is 1.18 bits per heavy atom. The number of halogens is 1. The van der Waals surface area contributed by atoms with Crippen LogP contribution in [0.1, 0.15) is 28.9 Å². The molecule has 0 saturated carbocycles. The Hall–Kier alpha value is -2.15. The average Bonchev–Trinajstić information content (AvgIpc) is 3.12. The number of aromatic nitrogens is 1. The number of nitrogens with one attached hydrogen (secondary N) is 2. The largest absolute Gasteiger partial charge is 0.381 e. The van der Waals surface area contributed by atoms with Crippen molar-refractivity contribution in [2.75, 3.05) is 18.5 Å². The number of carbonyl (C=O) groups is 1. The maximum absolute atomic E-state index is 12.6. The van der Waals surface area contributed by atoms with Crippen LogP contribution in [0.3, 0.4) is 0 Å². The maximum atomic E-state index is 12.6. The predicted octanol–water partition coefficient (Wildman–Crippen LogP) is 4.50. The smallest absolute Gasteiger partial charge is 0.272 e. The molecule has 1 saturated heterocycles. The van der Waals surface area contributed by atoms with Gasteiger partial charge in [0, 0.05) is 56.6 Å². The fraction of sp³-hybridized carbons (Fsp3) is 0.286. The van der Waals surface area contributed by atoms with Gasteiger partial charge in [0.1, 0.15) is 5.69 Å². The van der Waals surface area contributed by atoms with E-state index >= 15 is 0 Å². The quantitative estimate of drug-likeness (QED) is 0.643. The van der Waals surface area contributed by atoms with Gasteiger partial charge in [0.2, 0.25) is 0 Å². The fourth-order valence-corrected chi connectivity index (χ4v) is 5.01. The van der Waals surface area contributed by atoms with Crippen LogP contribution >= 0.6 is 11.6 Å². The molecule has 1 aliphatic rings. The van der Waals surface area contributed by atoms with Gasteiger partial charge in [-0.25, -0.2) is 0 Å². The molecule has 0 bridgehead atoms. The lowest BCUT2D eigenvalue weighted by Gasteiger charge is -2.21. The monoisotopic (exact) mass is 416 g/mol. The van der Waals surface area contributed by atoms with E-state index in [2.05, 4.69) is 10.3 Å². The highest BCUT2D eigenvalue weighted by molar-refractivity contribution is 7.84. The SMILES string of the molecule is O=C(Nc1cccc(CS(=O)C2CCOCC2)c1)c1cc2ccc(Cl)cc2[nH]1. The van der Waals surface area contributed by atoms with Gasteiger partial charge in [0.15, 0.2) is 0 Å². The normalized spacial score (nSPS) is 16.2. The van der Waals surface area contributed by atoms with Crippen molar-refractivity contribution in [1.29, 1.82) is 0 Å². The number of rotatable bonds is 5. The molecule has 2 aromatic carbocycles. The maximum Gasteiger partial charge on any atom is 0.272 e. The summed E-state index contributed by atoms with van der Waals surface area (Å²) in [5, 5.41) is 4.63. The molecule has 0 spiro atoms. The number of amides is 1. The van der Waals surface area contributed by atoms with Crippen LogP contribution in [0, 0.1) is 0 Å². The van der Waals surface area contributed by atoms with Crippen LogP contribution < -0.4 is 5.32 Å². The minimum atomic E-state index is -0.939. The third-order valence-corrected chi connectivity index (χ3v) is 6.93. The van der Waals surface area contributed by atoms with Crippen LogP contribution in [0.5, 0.6) is 0 Å². The number of H-pyrrole nitrogens is 1. The van der Waals surface area contributed by atoms with E-state index in [9.17, 15) is 9.00 Å². The van der Waals surface area contributed by atoms with Gasteiger partial charge in [-0.15, -0.1) is 0 Å². The van der Waals surface area contributed by atoms with Crippen LogP contribution in [-0.4, -0.2) is 33.6 Å². The Kier molecular flexibility index (Phi) is 5.80. The van der Waals surface area contributed by atoms with E-state index in [1.54, 1.807) is 18.2 Å². The lowest BCUT2D eigenvalue weighted by Crippen LogP contribution is -2.25. The summed E-state index contributed by atoms with van der Waals surface area (Å²) in [4.78, 5) is 15.7. The lowest BCUT2D eigenvalue weighted by molar-refractivity contribution is 0.0991. The van der Waals surface area contributed by atoms with Crippen molar-refractivity contribution in [3.8, 4) is 0 Å². The summed E-state index contributed by atoms with van der Waals surface area (Å²) < 4.78 is 17.9. The van der Waals surface area contributed by atoms with Gasteiger partial charge in [0.25, 0.3) is 5.91 Å². The zero-order valence-corrected chi connectivity index (χ0v) is 16.8. The summed E-state index contributed by atoms with van der Waals surface area (Å²) in [7, 11) is -0.939. The number of anilines is 1. The first-order valence-corrected chi connectivity index (χ1v) is 11.0. The first kappa shape index (κ1) is 19.2. The molecular formula is C21H21ClN2O3S. The number of ether oxygens (including phenoxy) is 1. The molecule has 3 aromatic rings. The van der Waals surface area contributed by atoms with Gasteiger partial charge in [0.05, 0.1) is 0 Å². The highest BCUT2D eigenvalue weighted by atomic mass is 35.5. The Morgan fingerprint density at radius 3 is 2.82 bits per heavy atom. The molecule has 1 aromatic heterocycles.